The molecule has 3 heterocycles. The maximum atomic E-state index is 13.4. The van der Waals surface area contributed by atoms with E-state index in [0.29, 0.717) is 24.3 Å². The Balaban J connectivity index is 1.48. The summed E-state index contributed by atoms with van der Waals surface area (Å²) in [6, 6.07) is 9.50. The average Bonchev–Trinajstić information content (AvgIpc) is 3.30. The van der Waals surface area contributed by atoms with Crippen LogP contribution in [0.15, 0.2) is 42.7 Å². The van der Waals surface area contributed by atoms with Crippen LogP contribution in [0, 0.1) is 0 Å². The average molecular weight is 403 g/mol. The summed E-state index contributed by atoms with van der Waals surface area (Å²) >= 11 is 0. The normalized spacial score (nSPS) is 22.5. The van der Waals surface area contributed by atoms with Crippen LogP contribution >= 0.6 is 0 Å². The Hall–Kier alpha value is -2.83. The molecule has 5 rings (SSSR count). The van der Waals surface area contributed by atoms with Gasteiger partial charge >= 0.3 is 0 Å². The predicted octanol–water partition coefficient (Wildman–Crippen LogP) is 2.29. The molecule has 154 valence electrons. The number of rotatable bonds is 4. The number of ketones is 2. The summed E-state index contributed by atoms with van der Waals surface area (Å²) in [6.45, 7) is 4.46. The molecule has 1 unspecified atom stereocenters. The van der Waals surface area contributed by atoms with Gasteiger partial charge in [-0.05, 0) is 42.8 Å². The van der Waals surface area contributed by atoms with Crippen LogP contribution in [-0.4, -0.2) is 72.2 Å². The van der Waals surface area contributed by atoms with E-state index >= 15 is 0 Å². The number of fused-ring (bicyclic) bond motifs is 1. The quantitative estimate of drug-likeness (QED) is 0.781. The van der Waals surface area contributed by atoms with E-state index in [-0.39, 0.29) is 11.6 Å². The monoisotopic (exact) mass is 403 g/mol. The van der Waals surface area contributed by atoms with Crippen molar-refractivity contribution < 1.29 is 14.3 Å². The zero-order valence-corrected chi connectivity index (χ0v) is 17.1. The lowest BCUT2D eigenvalue weighted by atomic mass is 9.96. The number of ether oxygens (including phenoxy) is 1. The number of piperazine rings is 1. The first-order chi connectivity index (χ1) is 14.6. The van der Waals surface area contributed by atoms with E-state index in [0.717, 1.165) is 54.9 Å². The van der Waals surface area contributed by atoms with E-state index in [1.165, 1.54) is 0 Å². The van der Waals surface area contributed by atoms with Gasteiger partial charge in [-0.1, -0.05) is 12.1 Å². The van der Waals surface area contributed by atoms with Gasteiger partial charge in [0.15, 0.2) is 11.9 Å². The van der Waals surface area contributed by atoms with Crippen molar-refractivity contribution in [3.8, 4) is 0 Å². The van der Waals surface area contributed by atoms with Crippen LogP contribution in [0.1, 0.15) is 33.5 Å². The third kappa shape index (κ3) is 3.46. The molecule has 0 bridgehead atoms. The van der Waals surface area contributed by atoms with Crippen LogP contribution in [0.25, 0.3) is 11.3 Å². The third-order valence-corrected chi connectivity index (χ3v) is 6.30. The van der Waals surface area contributed by atoms with Crippen molar-refractivity contribution in [3.63, 3.8) is 0 Å². The van der Waals surface area contributed by atoms with Gasteiger partial charge in [0.05, 0.1) is 5.57 Å². The molecule has 6 nitrogen and oxygen atoms in total. The lowest BCUT2D eigenvalue weighted by Crippen LogP contribution is -2.48. The van der Waals surface area contributed by atoms with Crippen LogP contribution in [0.4, 0.5) is 0 Å². The summed E-state index contributed by atoms with van der Waals surface area (Å²) in [5, 5.41) is 0. The summed E-state index contributed by atoms with van der Waals surface area (Å²) in [7, 11) is 2.12. The topological polar surface area (TPSA) is 62.7 Å². The molecule has 3 aliphatic rings. The van der Waals surface area contributed by atoms with Gasteiger partial charge in [0.25, 0.3) is 0 Å². The molecule has 30 heavy (non-hydrogen) atoms. The predicted molar refractivity (Wildman–Crippen MR) is 114 cm³/mol. The molecule has 1 atom stereocenters. The first-order valence-corrected chi connectivity index (χ1v) is 10.5. The largest absolute Gasteiger partial charge is 0.479 e. The fourth-order valence-corrected chi connectivity index (χ4v) is 4.51. The number of aromatic nitrogens is 1. The van der Waals surface area contributed by atoms with Gasteiger partial charge in [0.1, 0.15) is 5.76 Å². The molecule has 0 amide bonds. The van der Waals surface area contributed by atoms with Crippen molar-refractivity contribution in [3.05, 3.63) is 65.0 Å². The second-order valence-electron chi connectivity index (χ2n) is 8.31. The molecule has 0 spiro atoms. The molecule has 1 fully saturated rings. The molecule has 1 aromatic carbocycles. The number of likely N-dealkylation sites (N-methyl/N-ethyl adjacent to an activating group) is 1. The number of carbonyl (C=O) groups is 2. The Morgan fingerprint density at radius 1 is 1.00 bits per heavy atom. The molecule has 1 aromatic heterocycles. The summed E-state index contributed by atoms with van der Waals surface area (Å²) < 4.78 is 6.31. The highest BCUT2D eigenvalue weighted by Gasteiger charge is 2.38. The zero-order valence-electron chi connectivity index (χ0n) is 17.1. The highest BCUT2D eigenvalue weighted by atomic mass is 16.5. The fourth-order valence-electron chi connectivity index (χ4n) is 4.51. The van der Waals surface area contributed by atoms with Crippen LogP contribution < -0.4 is 0 Å². The van der Waals surface area contributed by atoms with Crippen molar-refractivity contribution >= 4 is 22.9 Å². The molecule has 2 aliphatic heterocycles. The second-order valence-corrected chi connectivity index (χ2v) is 8.31. The van der Waals surface area contributed by atoms with Crippen molar-refractivity contribution in [2.24, 2.45) is 0 Å². The Morgan fingerprint density at radius 3 is 2.53 bits per heavy atom. The number of nitrogens with zero attached hydrogens (tertiary/aromatic N) is 3. The second kappa shape index (κ2) is 7.78. The van der Waals surface area contributed by atoms with Gasteiger partial charge in [-0.25, -0.2) is 0 Å². The number of Topliss-reactive ketones (excluding diaryl/α,β-unsaturated/α-hetero) is 2. The molecule has 6 heteroatoms. The Labute approximate surface area is 176 Å². The number of pyridine rings is 1. The minimum atomic E-state index is -0.513. The summed E-state index contributed by atoms with van der Waals surface area (Å²) in [5.41, 5.74) is 4.13. The molecule has 1 aliphatic carbocycles. The van der Waals surface area contributed by atoms with Crippen LogP contribution in [0.3, 0.4) is 0 Å². The number of carbonyl (C=O) groups excluding carboxylic acids is 2. The van der Waals surface area contributed by atoms with Crippen LogP contribution in [-0.2, 0) is 16.0 Å². The number of aryl methyl sites for hydroxylation is 1. The summed E-state index contributed by atoms with van der Waals surface area (Å²) in [5.74, 6) is 0.829. The molecule has 2 aromatic rings. The lowest BCUT2D eigenvalue weighted by molar-refractivity contribution is -0.120. The van der Waals surface area contributed by atoms with Gasteiger partial charge in [0, 0.05) is 62.7 Å². The highest BCUT2D eigenvalue weighted by Crippen LogP contribution is 2.38. The van der Waals surface area contributed by atoms with Gasteiger partial charge in [0.2, 0.25) is 5.78 Å². The molecular weight excluding hydrogens is 378 g/mol. The summed E-state index contributed by atoms with van der Waals surface area (Å²) in [4.78, 5) is 34.1. The standard InChI is InChI=1S/C24H25N3O3/c1-26-10-12-27(13-11-26)15-21-23(29)22(16-6-8-25-9-7-16)24(30-21)18-2-4-19-17(14-18)3-5-20(19)28/h2,4,6-9,14,21H,3,5,10-13,15H2,1H3. The van der Waals surface area contributed by atoms with Crippen molar-refractivity contribution in [1.29, 1.82) is 0 Å². The van der Waals surface area contributed by atoms with E-state index in [2.05, 4.69) is 21.8 Å². The van der Waals surface area contributed by atoms with Gasteiger partial charge in [-0.15, -0.1) is 0 Å². The SMILES string of the molecule is CN1CCN(CC2OC(c3ccc4c(c3)CCC4=O)=C(c3ccncc3)C2=O)CC1. The maximum absolute atomic E-state index is 13.4. The molecule has 1 saturated heterocycles. The fraction of sp³-hybridized carbons (Fsp3) is 0.375. The van der Waals surface area contributed by atoms with Gasteiger partial charge in [-0.3, -0.25) is 19.5 Å². The molecule has 0 radical (unpaired) electrons. The Kier molecular flexibility index (Phi) is 4.97. The van der Waals surface area contributed by atoms with E-state index in [9.17, 15) is 9.59 Å². The Morgan fingerprint density at radius 2 is 1.77 bits per heavy atom. The van der Waals surface area contributed by atoms with E-state index in [1.54, 1.807) is 12.4 Å². The molecule has 0 saturated carbocycles. The Bertz CT molecular complexity index is 1020. The maximum Gasteiger partial charge on any atom is 0.208 e. The molecular formula is C24H25N3O3. The van der Waals surface area contributed by atoms with Gasteiger partial charge in [-0.2, -0.15) is 0 Å². The highest BCUT2D eigenvalue weighted by molar-refractivity contribution is 6.31. The number of benzene rings is 1. The molecule has 0 N–H and O–H groups in total. The lowest BCUT2D eigenvalue weighted by Gasteiger charge is -2.33. The van der Waals surface area contributed by atoms with Crippen molar-refractivity contribution in [2.45, 2.75) is 18.9 Å². The zero-order chi connectivity index (χ0) is 20.7. The minimum Gasteiger partial charge on any atom is -0.479 e. The number of hydrogen-bond donors (Lipinski definition) is 0. The first-order valence-electron chi connectivity index (χ1n) is 10.5. The van der Waals surface area contributed by atoms with E-state index in [1.807, 2.05) is 30.3 Å². The third-order valence-electron chi connectivity index (χ3n) is 6.30. The van der Waals surface area contributed by atoms with Crippen molar-refractivity contribution in [2.75, 3.05) is 39.8 Å². The minimum absolute atomic E-state index is 0.0201. The smallest absolute Gasteiger partial charge is 0.208 e. The first kappa shape index (κ1) is 19.2. The summed E-state index contributed by atoms with van der Waals surface area (Å²) in [6.07, 6.45) is 4.19. The number of hydrogen-bond acceptors (Lipinski definition) is 6. The van der Waals surface area contributed by atoms with E-state index in [4.69, 9.17) is 4.74 Å². The van der Waals surface area contributed by atoms with E-state index < -0.39 is 6.10 Å². The van der Waals surface area contributed by atoms with Crippen LogP contribution in [0.2, 0.25) is 0 Å². The van der Waals surface area contributed by atoms with Gasteiger partial charge < -0.3 is 9.64 Å². The van der Waals surface area contributed by atoms with Crippen LogP contribution in [0.5, 0.6) is 0 Å². The van der Waals surface area contributed by atoms with Crippen molar-refractivity contribution in [1.82, 2.24) is 14.8 Å².